The SMILES string of the molecule is Cc1cccc(OCc2ccc(CN)cc2Cl)c1C. The summed E-state index contributed by atoms with van der Waals surface area (Å²) in [4.78, 5) is 0. The van der Waals surface area contributed by atoms with Crippen molar-refractivity contribution >= 4 is 11.6 Å². The van der Waals surface area contributed by atoms with Gasteiger partial charge in [0.05, 0.1) is 0 Å². The number of rotatable bonds is 4. The van der Waals surface area contributed by atoms with Crippen molar-refractivity contribution in [2.24, 2.45) is 5.73 Å². The third-order valence-corrected chi connectivity index (χ3v) is 3.64. The fourth-order valence-corrected chi connectivity index (χ4v) is 2.13. The van der Waals surface area contributed by atoms with Gasteiger partial charge in [0.1, 0.15) is 12.4 Å². The molecule has 0 aliphatic heterocycles. The second-order valence-corrected chi connectivity index (χ2v) is 5.02. The standard InChI is InChI=1S/C16H18ClNO/c1-11-4-3-5-16(12(11)2)19-10-14-7-6-13(9-18)8-15(14)17/h3-8H,9-10,18H2,1-2H3. The lowest BCUT2D eigenvalue weighted by atomic mass is 10.1. The van der Waals surface area contributed by atoms with E-state index >= 15 is 0 Å². The predicted octanol–water partition coefficient (Wildman–Crippen LogP) is 3.99. The lowest BCUT2D eigenvalue weighted by Gasteiger charge is -2.12. The average Bonchev–Trinajstić information content (AvgIpc) is 2.41. The van der Waals surface area contributed by atoms with E-state index < -0.39 is 0 Å². The first-order valence-electron chi connectivity index (χ1n) is 6.28. The molecule has 0 aliphatic rings. The maximum atomic E-state index is 6.21. The van der Waals surface area contributed by atoms with Crippen molar-refractivity contribution < 1.29 is 4.74 Å². The lowest BCUT2D eigenvalue weighted by Crippen LogP contribution is -2.01. The summed E-state index contributed by atoms with van der Waals surface area (Å²) in [5.41, 5.74) is 9.97. The molecule has 0 radical (unpaired) electrons. The Hall–Kier alpha value is -1.51. The van der Waals surface area contributed by atoms with Crippen LogP contribution in [0.1, 0.15) is 22.3 Å². The molecule has 3 heteroatoms. The molecule has 0 aliphatic carbocycles. The molecule has 0 saturated carbocycles. The smallest absolute Gasteiger partial charge is 0.122 e. The summed E-state index contributed by atoms with van der Waals surface area (Å²) >= 11 is 6.21. The Labute approximate surface area is 119 Å². The van der Waals surface area contributed by atoms with Gasteiger partial charge in [-0.1, -0.05) is 35.9 Å². The highest BCUT2D eigenvalue weighted by Gasteiger charge is 2.05. The van der Waals surface area contributed by atoms with Gasteiger partial charge in [0, 0.05) is 17.1 Å². The van der Waals surface area contributed by atoms with Gasteiger partial charge in [-0.05, 0) is 42.7 Å². The van der Waals surface area contributed by atoms with Gasteiger partial charge in [-0.15, -0.1) is 0 Å². The summed E-state index contributed by atoms with van der Waals surface area (Å²) in [7, 11) is 0. The van der Waals surface area contributed by atoms with Crippen molar-refractivity contribution in [1.29, 1.82) is 0 Å². The highest BCUT2D eigenvalue weighted by molar-refractivity contribution is 6.31. The second kappa shape index (κ2) is 6.09. The zero-order valence-corrected chi connectivity index (χ0v) is 12.0. The number of ether oxygens (including phenoxy) is 1. The quantitative estimate of drug-likeness (QED) is 0.915. The Balaban J connectivity index is 2.12. The molecule has 0 bridgehead atoms. The van der Waals surface area contributed by atoms with Crippen LogP contribution >= 0.6 is 11.6 Å². The van der Waals surface area contributed by atoms with Gasteiger partial charge in [-0.3, -0.25) is 0 Å². The van der Waals surface area contributed by atoms with Gasteiger partial charge in [0.15, 0.2) is 0 Å². The summed E-state index contributed by atoms with van der Waals surface area (Å²) in [6.45, 7) is 5.10. The Bertz CT molecular complexity index is 581. The summed E-state index contributed by atoms with van der Waals surface area (Å²) in [5, 5.41) is 0.702. The van der Waals surface area contributed by atoms with Crippen molar-refractivity contribution in [1.82, 2.24) is 0 Å². The maximum Gasteiger partial charge on any atom is 0.122 e. The first-order valence-corrected chi connectivity index (χ1v) is 6.66. The molecule has 2 nitrogen and oxygen atoms in total. The van der Waals surface area contributed by atoms with Crippen LogP contribution in [-0.4, -0.2) is 0 Å². The zero-order valence-electron chi connectivity index (χ0n) is 11.2. The van der Waals surface area contributed by atoms with Crippen LogP contribution in [0, 0.1) is 13.8 Å². The molecule has 0 atom stereocenters. The second-order valence-electron chi connectivity index (χ2n) is 4.62. The minimum absolute atomic E-state index is 0.466. The van der Waals surface area contributed by atoms with Crippen LogP contribution in [0.3, 0.4) is 0 Å². The van der Waals surface area contributed by atoms with Crippen molar-refractivity contribution in [3.8, 4) is 5.75 Å². The Morgan fingerprint density at radius 2 is 1.95 bits per heavy atom. The fraction of sp³-hybridized carbons (Fsp3) is 0.250. The van der Waals surface area contributed by atoms with Gasteiger partial charge in [0.25, 0.3) is 0 Å². The van der Waals surface area contributed by atoms with E-state index in [2.05, 4.69) is 19.9 Å². The van der Waals surface area contributed by atoms with E-state index in [0.29, 0.717) is 18.2 Å². The number of hydrogen-bond acceptors (Lipinski definition) is 2. The van der Waals surface area contributed by atoms with Crippen LogP contribution in [0.2, 0.25) is 5.02 Å². The van der Waals surface area contributed by atoms with Crippen LogP contribution in [-0.2, 0) is 13.2 Å². The molecule has 0 aromatic heterocycles. The Kier molecular flexibility index (Phi) is 4.46. The first kappa shape index (κ1) is 13.9. The normalized spacial score (nSPS) is 10.5. The molecule has 2 aromatic rings. The number of nitrogens with two attached hydrogens (primary N) is 1. The third kappa shape index (κ3) is 3.28. The average molecular weight is 276 g/mol. The summed E-state index contributed by atoms with van der Waals surface area (Å²) in [6.07, 6.45) is 0. The number of aryl methyl sites for hydroxylation is 1. The van der Waals surface area contributed by atoms with E-state index in [4.69, 9.17) is 22.1 Å². The molecule has 0 amide bonds. The highest BCUT2D eigenvalue weighted by atomic mass is 35.5. The van der Waals surface area contributed by atoms with Gasteiger partial charge in [-0.25, -0.2) is 0 Å². The predicted molar refractivity (Wildman–Crippen MR) is 79.6 cm³/mol. The molecule has 0 heterocycles. The Morgan fingerprint density at radius 1 is 1.16 bits per heavy atom. The number of halogens is 1. The zero-order chi connectivity index (χ0) is 13.8. The van der Waals surface area contributed by atoms with Crippen LogP contribution < -0.4 is 10.5 Å². The van der Waals surface area contributed by atoms with E-state index in [1.807, 2.05) is 30.3 Å². The van der Waals surface area contributed by atoms with E-state index in [1.165, 1.54) is 5.56 Å². The first-order chi connectivity index (χ1) is 9.11. The van der Waals surface area contributed by atoms with Crippen molar-refractivity contribution in [2.75, 3.05) is 0 Å². The van der Waals surface area contributed by atoms with E-state index in [9.17, 15) is 0 Å². The third-order valence-electron chi connectivity index (χ3n) is 3.29. The largest absolute Gasteiger partial charge is 0.489 e. The summed E-state index contributed by atoms with van der Waals surface area (Å²) in [6, 6.07) is 11.9. The van der Waals surface area contributed by atoms with Gasteiger partial charge in [-0.2, -0.15) is 0 Å². The molecule has 0 spiro atoms. The fourth-order valence-electron chi connectivity index (χ4n) is 1.87. The van der Waals surface area contributed by atoms with Crippen LogP contribution in [0.4, 0.5) is 0 Å². The monoisotopic (exact) mass is 275 g/mol. The minimum Gasteiger partial charge on any atom is -0.489 e. The molecule has 0 unspecified atom stereocenters. The number of benzene rings is 2. The van der Waals surface area contributed by atoms with Crippen molar-refractivity contribution in [3.05, 3.63) is 63.7 Å². The maximum absolute atomic E-state index is 6.21. The van der Waals surface area contributed by atoms with E-state index in [0.717, 1.165) is 22.4 Å². The molecule has 2 aromatic carbocycles. The van der Waals surface area contributed by atoms with Crippen molar-refractivity contribution in [3.63, 3.8) is 0 Å². The topological polar surface area (TPSA) is 35.2 Å². The lowest BCUT2D eigenvalue weighted by molar-refractivity contribution is 0.304. The molecular formula is C16H18ClNO. The molecule has 19 heavy (non-hydrogen) atoms. The van der Waals surface area contributed by atoms with Crippen molar-refractivity contribution in [2.45, 2.75) is 27.0 Å². The van der Waals surface area contributed by atoms with Gasteiger partial charge in [0.2, 0.25) is 0 Å². The summed E-state index contributed by atoms with van der Waals surface area (Å²) in [5.74, 6) is 0.902. The van der Waals surface area contributed by atoms with Gasteiger partial charge < -0.3 is 10.5 Å². The Morgan fingerprint density at radius 3 is 2.63 bits per heavy atom. The van der Waals surface area contributed by atoms with Crippen LogP contribution in [0.25, 0.3) is 0 Å². The number of hydrogen-bond donors (Lipinski definition) is 1. The van der Waals surface area contributed by atoms with Crippen LogP contribution in [0.5, 0.6) is 5.75 Å². The molecule has 100 valence electrons. The van der Waals surface area contributed by atoms with Crippen LogP contribution in [0.15, 0.2) is 36.4 Å². The minimum atomic E-state index is 0.466. The van der Waals surface area contributed by atoms with Gasteiger partial charge >= 0.3 is 0 Å². The molecule has 2 N–H and O–H groups in total. The molecule has 0 fully saturated rings. The molecule has 0 saturated heterocycles. The highest BCUT2D eigenvalue weighted by Crippen LogP contribution is 2.24. The van der Waals surface area contributed by atoms with E-state index in [1.54, 1.807) is 0 Å². The van der Waals surface area contributed by atoms with E-state index in [-0.39, 0.29) is 0 Å². The summed E-state index contributed by atoms with van der Waals surface area (Å²) < 4.78 is 5.84. The molecule has 2 rings (SSSR count). The molecular weight excluding hydrogens is 258 g/mol.